The highest BCUT2D eigenvalue weighted by Crippen LogP contribution is 2.39. The molecule has 0 atom stereocenters. The molecule has 0 saturated heterocycles. The maximum atomic E-state index is 6.29. The molecule has 5 nitrogen and oxygen atoms in total. The molecule has 0 saturated carbocycles. The smallest absolute Gasteiger partial charge is 0.246 e. The van der Waals surface area contributed by atoms with Gasteiger partial charge >= 0.3 is 0 Å². The highest BCUT2D eigenvalue weighted by Gasteiger charge is 2.18. The summed E-state index contributed by atoms with van der Waals surface area (Å²) >= 11 is 0. The van der Waals surface area contributed by atoms with Gasteiger partial charge in [0.05, 0.1) is 39.3 Å². The third-order valence-corrected chi connectivity index (χ3v) is 11.2. The molecule has 0 aliphatic rings. The molecular weight excluding hydrogens is 673 g/mol. The maximum absolute atomic E-state index is 6.29. The molecule has 4 aromatic heterocycles. The first-order chi connectivity index (χ1) is 27.3. The largest absolute Gasteiger partial charge is 0.436 e. The summed E-state index contributed by atoms with van der Waals surface area (Å²) in [5.41, 5.74) is 13.1. The van der Waals surface area contributed by atoms with Crippen LogP contribution in [-0.4, -0.2) is 19.1 Å². The second-order valence-electron chi connectivity index (χ2n) is 14.2. The molecule has 8 aromatic carbocycles. The molecule has 0 radical (unpaired) electrons. The van der Waals surface area contributed by atoms with Gasteiger partial charge in [0.1, 0.15) is 11.1 Å². The predicted molar refractivity (Wildman–Crippen MR) is 226 cm³/mol. The van der Waals surface area contributed by atoms with Gasteiger partial charge in [0, 0.05) is 38.5 Å². The first-order valence-corrected chi connectivity index (χ1v) is 18.6. The summed E-state index contributed by atoms with van der Waals surface area (Å²) in [6, 6.07) is 62.7. The minimum atomic E-state index is 0.541. The monoisotopic (exact) mass is 702 g/mol. The van der Waals surface area contributed by atoms with Crippen LogP contribution in [0.3, 0.4) is 0 Å². The molecule has 0 N–H and O–H groups in total. The lowest BCUT2D eigenvalue weighted by Gasteiger charge is -2.11. The minimum absolute atomic E-state index is 0.541. The molecule has 0 aliphatic carbocycles. The molecule has 12 rings (SSSR count). The number of furan rings is 1. The van der Waals surface area contributed by atoms with Crippen molar-refractivity contribution < 1.29 is 4.42 Å². The van der Waals surface area contributed by atoms with Gasteiger partial charge in [-0.05, 0) is 82.6 Å². The van der Waals surface area contributed by atoms with Crippen LogP contribution in [0, 0.1) is 0 Å². The van der Waals surface area contributed by atoms with Gasteiger partial charge in [-0.1, -0.05) is 115 Å². The van der Waals surface area contributed by atoms with Crippen LogP contribution in [-0.2, 0) is 0 Å². The van der Waals surface area contributed by atoms with Crippen molar-refractivity contribution in [2.75, 3.05) is 0 Å². The second-order valence-corrected chi connectivity index (χ2v) is 14.2. The van der Waals surface area contributed by atoms with Crippen molar-refractivity contribution in [3.8, 4) is 33.8 Å². The fourth-order valence-electron chi connectivity index (χ4n) is 8.68. The molecule has 5 heteroatoms. The van der Waals surface area contributed by atoms with E-state index < -0.39 is 0 Å². The Bertz CT molecular complexity index is 3500. The quantitative estimate of drug-likeness (QED) is 0.183. The number of aromatic nitrogens is 4. The zero-order valence-corrected chi connectivity index (χ0v) is 29.5. The Morgan fingerprint density at radius 1 is 0.418 bits per heavy atom. The average Bonchev–Trinajstić information content (AvgIpc) is 3.91. The number of nitrogens with zero attached hydrogens (tertiary/aromatic N) is 4. The van der Waals surface area contributed by atoms with E-state index in [0.717, 1.165) is 60.9 Å². The van der Waals surface area contributed by atoms with Crippen LogP contribution >= 0.6 is 0 Å². The summed E-state index contributed by atoms with van der Waals surface area (Å²) in [5.74, 6) is 0. The van der Waals surface area contributed by atoms with Gasteiger partial charge in [0.15, 0.2) is 0 Å². The first-order valence-electron chi connectivity index (χ1n) is 18.6. The lowest BCUT2D eigenvalue weighted by molar-refractivity contribution is 0.654. The zero-order chi connectivity index (χ0) is 36.0. The molecule has 0 amide bonds. The Balaban J connectivity index is 1.01. The van der Waals surface area contributed by atoms with Gasteiger partial charge in [-0.25, -0.2) is 9.97 Å². The number of benzene rings is 8. The highest BCUT2D eigenvalue weighted by molar-refractivity contribution is 6.17. The Labute approximate surface area is 315 Å². The standard InChI is InChI=1S/C50H30N4O/c1-2-13-35(14-3-1)53-44-20-9-7-18-39(44)41-28-32(22-25-45(41)53)33-21-24-40-38-17-6-8-19-43(38)54(46(40)29-33)36-15-10-12-34(27-36)42-30-51-49-48-37-16-5-4-11-31(37)23-26-47(48)55-50(49)52-42/h1-30H. The zero-order valence-electron chi connectivity index (χ0n) is 29.5. The molecular formula is C50H30N4O. The van der Waals surface area contributed by atoms with E-state index >= 15 is 0 Å². The molecule has 256 valence electrons. The van der Waals surface area contributed by atoms with Crippen molar-refractivity contribution in [2.24, 2.45) is 0 Å². The van der Waals surface area contributed by atoms with Gasteiger partial charge in [0.25, 0.3) is 0 Å². The molecule has 12 aromatic rings. The van der Waals surface area contributed by atoms with E-state index in [4.69, 9.17) is 14.4 Å². The minimum Gasteiger partial charge on any atom is -0.436 e. The lowest BCUT2D eigenvalue weighted by atomic mass is 10.0. The van der Waals surface area contributed by atoms with E-state index in [1.54, 1.807) is 0 Å². The number of fused-ring (bicyclic) bond motifs is 11. The highest BCUT2D eigenvalue weighted by atomic mass is 16.3. The van der Waals surface area contributed by atoms with Crippen LogP contribution in [0.25, 0.3) is 110 Å². The van der Waals surface area contributed by atoms with E-state index in [2.05, 4.69) is 179 Å². The Kier molecular flexibility index (Phi) is 6.27. The Morgan fingerprint density at radius 2 is 1.07 bits per heavy atom. The summed E-state index contributed by atoms with van der Waals surface area (Å²) < 4.78 is 11.0. The number of rotatable bonds is 4. The van der Waals surface area contributed by atoms with Crippen molar-refractivity contribution in [2.45, 2.75) is 0 Å². The van der Waals surface area contributed by atoms with Crippen molar-refractivity contribution in [3.63, 3.8) is 0 Å². The lowest BCUT2D eigenvalue weighted by Crippen LogP contribution is -1.95. The molecule has 0 bridgehead atoms. The van der Waals surface area contributed by atoms with Gasteiger partial charge in [0.2, 0.25) is 5.71 Å². The average molecular weight is 703 g/mol. The Hall–Kier alpha value is -7.50. The van der Waals surface area contributed by atoms with E-state index in [1.807, 2.05) is 12.3 Å². The third kappa shape index (κ3) is 4.47. The summed E-state index contributed by atoms with van der Waals surface area (Å²) in [4.78, 5) is 9.95. The van der Waals surface area contributed by atoms with Crippen LogP contribution in [0.15, 0.2) is 187 Å². The van der Waals surface area contributed by atoms with Gasteiger partial charge in [-0.3, -0.25) is 0 Å². The third-order valence-electron chi connectivity index (χ3n) is 11.2. The number of para-hydroxylation sites is 3. The summed E-state index contributed by atoms with van der Waals surface area (Å²) in [7, 11) is 0. The van der Waals surface area contributed by atoms with Crippen molar-refractivity contribution in [3.05, 3.63) is 182 Å². The normalized spacial score (nSPS) is 12.0. The van der Waals surface area contributed by atoms with Crippen LogP contribution in [0.4, 0.5) is 0 Å². The van der Waals surface area contributed by atoms with Crippen molar-refractivity contribution in [1.29, 1.82) is 0 Å². The molecule has 55 heavy (non-hydrogen) atoms. The summed E-state index contributed by atoms with van der Waals surface area (Å²) in [6.45, 7) is 0. The Morgan fingerprint density at radius 3 is 1.93 bits per heavy atom. The molecule has 0 aliphatic heterocycles. The molecule has 0 unspecified atom stereocenters. The fourth-order valence-corrected chi connectivity index (χ4v) is 8.68. The van der Waals surface area contributed by atoms with Crippen LogP contribution in [0.1, 0.15) is 0 Å². The van der Waals surface area contributed by atoms with Crippen molar-refractivity contribution >= 4 is 76.6 Å². The summed E-state index contributed by atoms with van der Waals surface area (Å²) in [5, 5.41) is 8.18. The maximum Gasteiger partial charge on any atom is 0.246 e. The summed E-state index contributed by atoms with van der Waals surface area (Å²) in [6.07, 6.45) is 1.87. The van der Waals surface area contributed by atoms with E-state index in [9.17, 15) is 0 Å². The second kappa shape index (κ2) is 11.5. The van der Waals surface area contributed by atoms with Gasteiger partial charge in [-0.15, -0.1) is 0 Å². The van der Waals surface area contributed by atoms with E-state index in [0.29, 0.717) is 5.71 Å². The van der Waals surface area contributed by atoms with E-state index in [-0.39, 0.29) is 0 Å². The first kappa shape index (κ1) is 30.0. The van der Waals surface area contributed by atoms with Gasteiger partial charge in [-0.2, -0.15) is 0 Å². The van der Waals surface area contributed by atoms with Crippen LogP contribution < -0.4 is 0 Å². The van der Waals surface area contributed by atoms with Crippen molar-refractivity contribution in [1.82, 2.24) is 19.1 Å². The number of hydrogen-bond donors (Lipinski definition) is 0. The SMILES string of the molecule is c1ccc(-n2c3ccccc3c3cc(-c4ccc5c6ccccc6n(-c6cccc(-c7cnc8c(n7)oc7ccc9ccccc9c78)c6)c5c4)ccc32)cc1. The van der Waals surface area contributed by atoms with Crippen LogP contribution in [0.5, 0.6) is 0 Å². The molecule has 0 fully saturated rings. The fraction of sp³-hybridized carbons (Fsp3) is 0. The van der Waals surface area contributed by atoms with E-state index in [1.165, 1.54) is 43.7 Å². The molecule has 0 spiro atoms. The topological polar surface area (TPSA) is 48.8 Å². The van der Waals surface area contributed by atoms with Crippen LogP contribution in [0.2, 0.25) is 0 Å². The predicted octanol–water partition coefficient (Wildman–Crippen LogP) is 13.1. The van der Waals surface area contributed by atoms with Gasteiger partial charge < -0.3 is 13.6 Å². The molecule has 4 heterocycles. The number of hydrogen-bond acceptors (Lipinski definition) is 3.